The number of rotatable bonds is 4. The van der Waals surface area contributed by atoms with Gasteiger partial charge in [-0.2, -0.15) is 0 Å². The Hall–Kier alpha value is -2.46. The maximum absolute atomic E-state index is 11.1. The van der Waals surface area contributed by atoms with E-state index in [2.05, 4.69) is 4.98 Å². The van der Waals surface area contributed by atoms with E-state index < -0.39 is 0 Å². The number of aromatic nitrogens is 1. The third-order valence-corrected chi connectivity index (χ3v) is 3.03. The quantitative estimate of drug-likeness (QED) is 0.837. The predicted molar refractivity (Wildman–Crippen MR) is 77.3 cm³/mol. The second-order valence-corrected chi connectivity index (χ2v) is 4.34. The lowest BCUT2D eigenvalue weighted by atomic mass is 10.0. The Kier molecular flexibility index (Phi) is 4.27. The van der Waals surface area contributed by atoms with Crippen molar-refractivity contribution in [3.05, 3.63) is 58.4 Å². The minimum absolute atomic E-state index is 0.0905. The first-order chi connectivity index (χ1) is 9.67. The van der Waals surface area contributed by atoms with E-state index in [0.717, 1.165) is 5.56 Å². The van der Waals surface area contributed by atoms with Crippen molar-refractivity contribution in [2.75, 3.05) is 0 Å². The molecule has 2 aromatic rings. The molecule has 0 atom stereocenters. The minimum atomic E-state index is -0.358. The van der Waals surface area contributed by atoms with Gasteiger partial charge in [-0.25, -0.2) is 4.98 Å². The van der Waals surface area contributed by atoms with Gasteiger partial charge in [0, 0.05) is 5.56 Å². The largest absolute Gasteiger partial charge is 0.505 e. The molecule has 102 valence electrons. The number of nitrogens with zero attached hydrogens (tertiary/aromatic N) is 1. The van der Waals surface area contributed by atoms with Gasteiger partial charge in [0.1, 0.15) is 5.75 Å². The van der Waals surface area contributed by atoms with Crippen LogP contribution in [0, 0.1) is 6.92 Å². The Morgan fingerprint density at radius 3 is 2.50 bits per heavy atom. The molecule has 2 N–H and O–H groups in total. The molecule has 0 fully saturated rings. The van der Waals surface area contributed by atoms with Crippen molar-refractivity contribution < 1.29 is 15.0 Å². The summed E-state index contributed by atoms with van der Waals surface area (Å²) in [7, 11) is 0. The van der Waals surface area contributed by atoms with E-state index >= 15 is 0 Å². The summed E-state index contributed by atoms with van der Waals surface area (Å²) in [5.41, 5.74) is 2.24. The van der Waals surface area contributed by atoms with Gasteiger partial charge in [-0.05, 0) is 18.6 Å². The fourth-order valence-electron chi connectivity index (χ4n) is 1.95. The maximum atomic E-state index is 11.1. The Morgan fingerprint density at radius 1 is 1.20 bits per heavy atom. The van der Waals surface area contributed by atoms with Crippen molar-refractivity contribution in [3.63, 3.8) is 0 Å². The van der Waals surface area contributed by atoms with Gasteiger partial charge < -0.3 is 10.2 Å². The molecule has 1 aromatic carbocycles. The highest BCUT2D eigenvalue weighted by atomic mass is 16.3. The van der Waals surface area contributed by atoms with Gasteiger partial charge in [-0.1, -0.05) is 36.4 Å². The van der Waals surface area contributed by atoms with Crippen LogP contribution in [0.15, 0.2) is 30.3 Å². The molecule has 1 heterocycles. The van der Waals surface area contributed by atoms with Gasteiger partial charge in [0.25, 0.3) is 0 Å². The zero-order valence-corrected chi connectivity index (χ0v) is 11.1. The van der Waals surface area contributed by atoms with Crippen molar-refractivity contribution >= 4 is 18.4 Å². The van der Waals surface area contributed by atoms with Crippen molar-refractivity contribution in [2.45, 2.75) is 13.5 Å². The number of carbonyl (C=O) groups excluding carboxylic acids is 1. The third kappa shape index (κ3) is 2.75. The Balaban J connectivity index is 2.49. The first-order valence-electron chi connectivity index (χ1n) is 6.19. The molecule has 4 heteroatoms. The highest BCUT2D eigenvalue weighted by molar-refractivity contribution is 5.84. The minimum Gasteiger partial charge on any atom is -0.505 e. The molecule has 0 aliphatic heterocycles. The highest BCUT2D eigenvalue weighted by Crippen LogP contribution is 2.26. The van der Waals surface area contributed by atoms with Crippen molar-refractivity contribution in [1.82, 2.24) is 4.98 Å². The van der Waals surface area contributed by atoms with Gasteiger partial charge in [-0.15, -0.1) is 0 Å². The fraction of sp³-hybridized carbons (Fsp3) is 0.125. The molecule has 0 saturated heterocycles. The van der Waals surface area contributed by atoms with Crippen LogP contribution in [0.25, 0.3) is 12.2 Å². The van der Waals surface area contributed by atoms with Crippen molar-refractivity contribution in [3.8, 4) is 5.75 Å². The van der Waals surface area contributed by atoms with Crippen LogP contribution in [0.2, 0.25) is 0 Å². The third-order valence-electron chi connectivity index (χ3n) is 3.03. The Labute approximate surface area is 117 Å². The molecule has 0 radical (unpaired) electrons. The number of benzene rings is 1. The van der Waals surface area contributed by atoms with E-state index in [1.807, 2.05) is 36.4 Å². The van der Waals surface area contributed by atoms with Gasteiger partial charge >= 0.3 is 0 Å². The van der Waals surface area contributed by atoms with E-state index in [0.29, 0.717) is 23.2 Å². The molecular formula is C16H15NO3. The first kappa shape index (κ1) is 14.0. The molecule has 0 aliphatic carbocycles. The zero-order chi connectivity index (χ0) is 14.5. The summed E-state index contributed by atoms with van der Waals surface area (Å²) in [4.78, 5) is 15.3. The molecule has 0 aliphatic rings. The fourth-order valence-corrected chi connectivity index (χ4v) is 1.95. The summed E-state index contributed by atoms with van der Waals surface area (Å²) in [6.07, 6.45) is 4.10. The van der Waals surface area contributed by atoms with E-state index in [4.69, 9.17) is 0 Å². The number of hydrogen-bond donors (Lipinski definition) is 2. The standard InChI is InChI=1S/C16H15NO3/c1-11-16(20)14(10-19)13(9-18)15(17-11)8-7-12-5-3-2-4-6-12/h2-8,10,18,20H,9H2,1H3. The van der Waals surface area contributed by atoms with Crippen LogP contribution in [0.5, 0.6) is 5.75 Å². The van der Waals surface area contributed by atoms with Gasteiger partial charge in [0.2, 0.25) is 0 Å². The summed E-state index contributed by atoms with van der Waals surface area (Å²) in [6.45, 7) is 1.26. The van der Waals surface area contributed by atoms with Crippen LogP contribution < -0.4 is 0 Å². The molecule has 20 heavy (non-hydrogen) atoms. The van der Waals surface area contributed by atoms with E-state index in [1.54, 1.807) is 13.0 Å². The molecule has 0 bridgehead atoms. The lowest BCUT2D eigenvalue weighted by molar-refractivity contribution is 0.111. The SMILES string of the molecule is Cc1nc(C=Cc2ccccc2)c(CO)c(C=O)c1O. The first-order valence-corrected chi connectivity index (χ1v) is 6.19. The Bertz CT molecular complexity index is 649. The van der Waals surface area contributed by atoms with Gasteiger partial charge in [-0.3, -0.25) is 4.79 Å². The monoisotopic (exact) mass is 269 g/mol. The summed E-state index contributed by atoms with van der Waals surface area (Å²) >= 11 is 0. The molecule has 0 spiro atoms. The lowest BCUT2D eigenvalue weighted by Gasteiger charge is -2.10. The van der Waals surface area contributed by atoms with Crippen LogP contribution >= 0.6 is 0 Å². The van der Waals surface area contributed by atoms with Crippen LogP contribution in [0.3, 0.4) is 0 Å². The number of pyridine rings is 1. The second-order valence-electron chi connectivity index (χ2n) is 4.34. The number of aliphatic hydroxyl groups excluding tert-OH is 1. The number of aliphatic hydroxyl groups is 1. The smallest absolute Gasteiger partial charge is 0.154 e. The lowest BCUT2D eigenvalue weighted by Crippen LogP contribution is -2.02. The second kappa shape index (κ2) is 6.12. The van der Waals surface area contributed by atoms with Crippen LogP contribution in [-0.2, 0) is 6.61 Å². The van der Waals surface area contributed by atoms with Crippen LogP contribution in [0.4, 0.5) is 0 Å². The van der Waals surface area contributed by atoms with Crippen LogP contribution in [-0.4, -0.2) is 21.5 Å². The molecule has 0 amide bonds. The summed E-state index contributed by atoms with van der Waals surface area (Å²) in [5, 5.41) is 19.2. The topological polar surface area (TPSA) is 70.4 Å². The maximum Gasteiger partial charge on any atom is 0.154 e. The number of hydrogen-bond acceptors (Lipinski definition) is 4. The molecule has 0 saturated carbocycles. The normalized spacial score (nSPS) is 10.9. The number of aryl methyl sites for hydroxylation is 1. The molecule has 4 nitrogen and oxygen atoms in total. The zero-order valence-electron chi connectivity index (χ0n) is 11.1. The highest BCUT2D eigenvalue weighted by Gasteiger charge is 2.14. The molecule has 0 unspecified atom stereocenters. The number of carbonyl (C=O) groups is 1. The van der Waals surface area contributed by atoms with Crippen LogP contribution in [0.1, 0.15) is 32.9 Å². The number of aldehydes is 1. The van der Waals surface area contributed by atoms with E-state index in [1.165, 1.54) is 0 Å². The van der Waals surface area contributed by atoms with E-state index in [-0.39, 0.29) is 17.9 Å². The van der Waals surface area contributed by atoms with Crippen molar-refractivity contribution in [2.24, 2.45) is 0 Å². The number of aromatic hydroxyl groups is 1. The summed E-state index contributed by atoms with van der Waals surface area (Å²) in [6, 6.07) is 9.62. The summed E-state index contributed by atoms with van der Waals surface area (Å²) < 4.78 is 0. The Morgan fingerprint density at radius 2 is 1.90 bits per heavy atom. The van der Waals surface area contributed by atoms with Gasteiger partial charge in [0.05, 0.1) is 23.6 Å². The van der Waals surface area contributed by atoms with E-state index in [9.17, 15) is 15.0 Å². The molecular weight excluding hydrogens is 254 g/mol. The van der Waals surface area contributed by atoms with Gasteiger partial charge in [0.15, 0.2) is 6.29 Å². The van der Waals surface area contributed by atoms with Crippen molar-refractivity contribution in [1.29, 1.82) is 0 Å². The average Bonchev–Trinajstić information content (AvgIpc) is 2.48. The average molecular weight is 269 g/mol. The summed E-state index contributed by atoms with van der Waals surface area (Å²) in [5.74, 6) is -0.180. The molecule has 1 aromatic heterocycles. The predicted octanol–water partition coefficient (Wildman–Crippen LogP) is 2.57. The molecule has 2 rings (SSSR count).